The van der Waals surface area contributed by atoms with Gasteiger partial charge in [-0.2, -0.15) is 4.31 Å². The molecule has 1 amide bonds. The second kappa shape index (κ2) is 14.8. The normalized spacial score (nSPS) is 23.4. The van der Waals surface area contributed by atoms with Crippen molar-refractivity contribution in [3.8, 4) is 5.75 Å². The lowest BCUT2D eigenvalue weighted by Gasteiger charge is -2.31. The fraction of sp³-hybridized carbons (Fsp3) is 0.581. The quantitative estimate of drug-likeness (QED) is 0.292. The van der Waals surface area contributed by atoms with Crippen LogP contribution in [0, 0.1) is 11.8 Å². The van der Waals surface area contributed by atoms with E-state index in [2.05, 4.69) is 10.6 Å². The highest BCUT2D eigenvalue weighted by Gasteiger charge is 2.50. The van der Waals surface area contributed by atoms with Crippen LogP contribution in [0.2, 0.25) is 0 Å². The third-order valence-corrected chi connectivity index (χ3v) is 9.45. The molecule has 0 spiro atoms. The Morgan fingerprint density at radius 2 is 1.70 bits per heavy atom. The second-order valence-electron chi connectivity index (χ2n) is 11.9. The van der Waals surface area contributed by atoms with Gasteiger partial charge in [0.05, 0.1) is 43.3 Å². The molecular weight excluding hydrogens is 574 g/mol. The van der Waals surface area contributed by atoms with Gasteiger partial charge in [0.15, 0.2) is 6.29 Å². The minimum Gasteiger partial charge on any atom is -0.497 e. The van der Waals surface area contributed by atoms with Gasteiger partial charge in [-0.25, -0.2) is 13.2 Å². The summed E-state index contributed by atoms with van der Waals surface area (Å²) in [5.41, 5.74) is 0.870. The van der Waals surface area contributed by atoms with E-state index >= 15 is 0 Å². The zero-order valence-electron chi connectivity index (χ0n) is 25.5. The SMILES string of the molecule is COc1ccc(S(=O)(=O)N(CC(C)C)C[C@@H](O)[C@H](Cc2ccccc2)NC(=O)O[C@H]2CO[C@H]3OC[C@H](NC(C)C)[C@H]32)cc1. The summed E-state index contributed by atoms with van der Waals surface area (Å²) < 4.78 is 51.1. The van der Waals surface area contributed by atoms with E-state index < -0.39 is 40.7 Å². The van der Waals surface area contributed by atoms with E-state index in [1.54, 1.807) is 12.1 Å². The molecule has 0 aliphatic carbocycles. The molecule has 0 bridgehead atoms. The maximum absolute atomic E-state index is 13.7. The highest BCUT2D eigenvalue weighted by Crippen LogP contribution is 2.34. The number of aliphatic hydroxyl groups excluding tert-OH is 1. The van der Waals surface area contributed by atoms with Crippen molar-refractivity contribution in [2.24, 2.45) is 11.8 Å². The van der Waals surface area contributed by atoms with E-state index in [1.807, 2.05) is 58.0 Å². The maximum atomic E-state index is 13.7. The van der Waals surface area contributed by atoms with Gasteiger partial charge in [-0.3, -0.25) is 0 Å². The number of hydrogen-bond acceptors (Lipinski definition) is 9. The lowest BCUT2D eigenvalue weighted by atomic mass is 9.97. The summed E-state index contributed by atoms with van der Waals surface area (Å²) in [6.45, 7) is 8.51. The molecule has 2 heterocycles. The molecular formula is C31H45N3O8S. The Hall–Kier alpha value is -2.74. The van der Waals surface area contributed by atoms with E-state index in [1.165, 1.54) is 23.5 Å². The summed E-state index contributed by atoms with van der Waals surface area (Å²) in [7, 11) is -2.45. The Kier molecular flexibility index (Phi) is 11.4. The number of fused-ring (bicyclic) bond motifs is 1. The molecule has 0 aromatic heterocycles. The van der Waals surface area contributed by atoms with Crippen molar-refractivity contribution in [2.75, 3.05) is 33.4 Å². The Morgan fingerprint density at radius 1 is 1.02 bits per heavy atom. The summed E-state index contributed by atoms with van der Waals surface area (Å²) in [5, 5.41) is 17.8. The minimum atomic E-state index is -3.96. The van der Waals surface area contributed by atoms with Crippen molar-refractivity contribution in [3.63, 3.8) is 0 Å². The number of sulfonamides is 1. The number of nitrogens with one attached hydrogen (secondary N) is 2. The number of nitrogens with zero attached hydrogens (tertiary/aromatic N) is 1. The molecule has 3 N–H and O–H groups in total. The van der Waals surface area contributed by atoms with E-state index in [9.17, 15) is 18.3 Å². The van der Waals surface area contributed by atoms with Gasteiger partial charge >= 0.3 is 6.09 Å². The van der Waals surface area contributed by atoms with Crippen molar-refractivity contribution in [3.05, 3.63) is 60.2 Å². The predicted octanol–water partition coefficient (Wildman–Crippen LogP) is 2.78. The number of carbonyl (C=O) groups is 1. The van der Waals surface area contributed by atoms with Crippen molar-refractivity contribution in [2.45, 2.75) is 75.6 Å². The molecule has 0 unspecified atom stereocenters. The van der Waals surface area contributed by atoms with E-state index in [0.29, 0.717) is 12.4 Å². The third-order valence-electron chi connectivity index (χ3n) is 7.60. The van der Waals surface area contributed by atoms with Gasteiger partial charge in [0, 0.05) is 25.2 Å². The van der Waals surface area contributed by atoms with Gasteiger partial charge in [-0.1, -0.05) is 58.0 Å². The van der Waals surface area contributed by atoms with Crippen molar-refractivity contribution < 1.29 is 37.3 Å². The zero-order valence-corrected chi connectivity index (χ0v) is 26.3. The molecule has 4 rings (SSSR count). The first-order valence-corrected chi connectivity index (χ1v) is 16.2. The molecule has 11 nitrogen and oxygen atoms in total. The summed E-state index contributed by atoms with van der Waals surface area (Å²) in [5.74, 6) is 0.360. The second-order valence-corrected chi connectivity index (χ2v) is 13.8. The van der Waals surface area contributed by atoms with Crippen LogP contribution < -0.4 is 15.4 Å². The van der Waals surface area contributed by atoms with E-state index in [4.69, 9.17) is 18.9 Å². The lowest BCUT2D eigenvalue weighted by Crippen LogP contribution is -2.52. The average Bonchev–Trinajstić information content (AvgIpc) is 3.55. The molecule has 238 valence electrons. The number of ether oxygens (including phenoxy) is 4. The van der Waals surface area contributed by atoms with Crippen LogP contribution in [-0.4, -0.2) is 94.0 Å². The Morgan fingerprint density at radius 3 is 2.33 bits per heavy atom. The summed E-state index contributed by atoms with van der Waals surface area (Å²) in [6, 6.07) is 14.9. The monoisotopic (exact) mass is 619 g/mol. The van der Waals surface area contributed by atoms with Crippen LogP contribution in [0.25, 0.3) is 0 Å². The highest BCUT2D eigenvalue weighted by atomic mass is 32.2. The molecule has 2 aromatic carbocycles. The van der Waals surface area contributed by atoms with Crippen LogP contribution in [0.1, 0.15) is 33.3 Å². The number of amides is 1. The van der Waals surface area contributed by atoms with Gasteiger partial charge in [-0.05, 0) is 42.2 Å². The molecule has 2 aliphatic heterocycles. The number of hydrogen-bond donors (Lipinski definition) is 3. The Balaban J connectivity index is 1.51. The highest BCUT2D eigenvalue weighted by molar-refractivity contribution is 7.89. The molecule has 2 aromatic rings. The zero-order chi connectivity index (χ0) is 31.1. The molecule has 0 saturated carbocycles. The van der Waals surface area contributed by atoms with Crippen LogP contribution in [-0.2, 0) is 30.7 Å². The third kappa shape index (κ3) is 8.68. The number of rotatable bonds is 14. The fourth-order valence-electron chi connectivity index (χ4n) is 5.59. The Bertz CT molecular complexity index is 1280. The van der Waals surface area contributed by atoms with Gasteiger partial charge in [-0.15, -0.1) is 0 Å². The molecule has 6 atom stereocenters. The average molecular weight is 620 g/mol. The molecule has 2 fully saturated rings. The summed E-state index contributed by atoms with van der Waals surface area (Å²) >= 11 is 0. The molecule has 2 aliphatic rings. The minimum absolute atomic E-state index is 0.0120. The molecule has 12 heteroatoms. The molecule has 2 saturated heterocycles. The Labute approximate surface area is 254 Å². The standard InChI is InChI=1S/C31H45N3O8S/c1-20(2)16-34(43(37,38)24-13-11-23(39-5)12-14-24)17-27(35)25(15-22-9-7-6-8-10-22)33-31(36)42-28-19-41-30-29(28)26(18-40-30)32-21(3)4/h6-14,20-21,25-30,32,35H,15-19H2,1-5H3,(H,33,36)/t25-,26-,27+,28-,29-,30+/m0/s1. The number of carbonyl (C=O) groups excluding carboxylic acids is 1. The van der Waals surface area contributed by atoms with Gasteiger partial charge in [0.1, 0.15) is 11.9 Å². The molecule has 0 radical (unpaired) electrons. The smallest absolute Gasteiger partial charge is 0.407 e. The number of aliphatic hydroxyl groups is 1. The largest absolute Gasteiger partial charge is 0.497 e. The van der Waals surface area contributed by atoms with Crippen molar-refractivity contribution in [1.29, 1.82) is 0 Å². The summed E-state index contributed by atoms with van der Waals surface area (Å²) in [6.07, 6.45) is -2.67. The summed E-state index contributed by atoms with van der Waals surface area (Å²) in [4.78, 5) is 13.3. The number of alkyl carbamates (subject to hydrolysis) is 1. The van der Waals surface area contributed by atoms with Gasteiger partial charge < -0.3 is 34.7 Å². The first kappa shape index (κ1) is 33.2. The lowest BCUT2D eigenvalue weighted by molar-refractivity contribution is -0.0908. The van der Waals surface area contributed by atoms with Crippen LogP contribution in [0.4, 0.5) is 4.79 Å². The number of benzene rings is 2. The fourth-order valence-corrected chi connectivity index (χ4v) is 7.21. The van der Waals surface area contributed by atoms with Crippen molar-refractivity contribution in [1.82, 2.24) is 14.9 Å². The van der Waals surface area contributed by atoms with Crippen LogP contribution in [0.15, 0.2) is 59.5 Å². The molecule has 43 heavy (non-hydrogen) atoms. The van der Waals surface area contributed by atoms with Gasteiger partial charge in [0.25, 0.3) is 0 Å². The van der Waals surface area contributed by atoms with E-state index in [-0.39, 0.29) is 54.9 Å². The van der Waals surface area contributed by atoms with Crippen LogP contribution in [0.3, 0.4) is 0 Å². The maximum Gasteiger partial charge on any atom is 0.407 e. The van der Waals surface area contributed by atoms with Gasteiger partial charge in [0.2, 0.25) is 10.0 Å². The van der Waals surface area contributed by atoms with Crippen LogP contribution in [0.5, 0.6) is 5.75 Å². The van der Waals surface area contributed by atoms with Crippen molar-refractivity contribution >= 4 is 16.1 Å². The first-order valence-electron chi connectivity index (χ1n) is 14.8. The van der Waals surface area contributed by atoms with Crippen LogP contribution >= 0.6 is 0 Å². The topological polar surface area (TPSA) is 136 Å². The first-order chi connectivity index (χ1) is 20.5. The number of methoxy groups -OCH3 is 1. The van der Waals surface area contributed by atoms with E-state index in [0.717, 1.165) is 5.56 Å². The predicted molar refractivity (Wildman–Crippen MR) is 161 cm³/mol.